The fourth-order valence-electron chi connectivity index (χ4n) is 1.60. The van der Waals surface area contributed by atoms with E-state index >= 15 is 0 Å². The molecule has 0 spiro atoms. The summed E-state index contributed by atoms with van der Waals surface area (Å²) in [5.41, 5.74) is 3.51. The molecule has 0 saturated heterocycles. The third-order valence-corrected chi connectivity index (χ3v) is 2.58. The summed E-state index contributed by atoms with van der Waals surface area (Å²) < 4.78 is 0. The van der Waals surface area contributed by atoms with Gasteiger partial charge in [0.25, 0.3) is 11.5 Å². The van der Waals surface area contributed by atoms with Gasteiger partial charge in [-0.15, -0.1) is 9.89 Å². The minimum atomic E-state index is -0.802. The van der Waals surface area contributed by atoms with Gasteiger partial charge in [-0.3, -0.25) is 19.6 Å². The molecule has 0 fully saturated rings. The van der Waals surface area contributed by atoms with Crippen molar-refractivity contribution in [1.29, 1.82) is 0 Å². The van der Waals surface area contributed by atoms with Crippen LogP contribution < -0.4 is 22.2 Å². The summed E-state index contributed by atoms with van der Waals surface area (Å²) in [7, 11) is 0. The molecule has 1 amide bonds. The van der Waals surface area contributed by atoms with Crippen LogP contribution in [0.25, 0.3) is 11.5 Å². The van der Waals surface area contributed by atoms with Crippen molar-refractivity contribution in [2.45, 2.75) is 0 Å². The van der Waals surface area contributed by atoms with Crippen LogP contribution in [-0.2, 0) is 0 Å². The Morgan fingerprint density at radius 3 is 2.77 bits per heavy atom. The maximum atomic E-state index is 11.8. The number of hydrazine groups is 1. The monoisotopic (exact) mass is 300 g/mol. The Bertz CT molecular complexity index is 903. The van der Waals surface area contributed by atoms with Gasteiger partial charge in [-0.25, -0.2) is 20.7 Å². The minimum absolute atomic E-state index is 0.0905. The van der Waals surface area contributed by atoms with Crippen LogP contribution in [0.15, 0.2) is 40.4 Å². The van der Waals surface area contributed by atoms with E-state index in [4.69, 9.17) is 0 Å². The van der Waals surface area contributed by atoms with Gasteiger partial charge in [-0.05, 0) is 12.1 Å². The average molecular weight is 300 g/mol. The second-order valence-electron chi connectivity index (χ2n) is 4.03. The third kappa shape index (κ3) is 2.63. The standard InChI is InChI=1S/C11H8N8O3/c20-9(6-1-3-12-4-2-6)16-18-19-5-13-8-7(17-19)10(21)15-11(22)14-8/h1-5,18H,(H,16,20)(H,15,21,22). The summed E-state index contributed by atoms with van der Waals surface area (Å²) in [5, 5.41) is 3.85. The van der Waals surface area contributed by atoms with Gasteiger partial charge in [-0.2, -0.15) is 4.98 Å². The van der Waals surface area contributed by atoms with E-state index in [0.29, 0.717) is 5.56 Å². The number of fused-ring (bicyclic) bond motifs is 1. The van der Waals surface area contributed by atoms with E-state index in [1.54, 1.807) is 0 Å². The smallest absolute Gasteiger partial charge is 0.270 e. The highest BCUT2D eigenvalue weighted by Gasteiger charge is 2.13. The number of amides is 1. The normalized spacial score (nSPS) is 10.4. The molecule has 0 atom stereocenters. The fraction of sp³-hybridized carbons (Fsp3) is 0. The zero-order valence-electron chi connectivity index (χ0n) is 10.8. The number of carbonyl (C=O) groups is 1. The number of aromatic amines is 1. The average Bonchev–Trinajstić information content (AvgIpc) is 2.53. The van der Waals surface area contributed by atoms with Crippen molar-refractivity contribution in [1.82, 2.24) is 35.3 Å². The number of carbonyl (C=O) groups excluding carboxylic acids is 1. The lowest BCUT2D eigenvalue weighted by Gasteiger charge is -2.11. The summed E-state index contributed by atoms with van der Waals surface area (Å²) in [6.45, 7) is 0. The summed E-state index contributed by atoms with van der Waals surface area (Å²) in [6.07, 6.45) is 4.11. The Kier molecular flexibility index (Phi) is 3.28. The predicted octanol–water partition coefficient (Wildman–Crippen LogP) is -1.89. The molecule has 11 nitrogen and oxygen atoms in total. The van der Waals surface area contributed by atoms with Gasteiger partial charge in [0, 0.05) is 18.0 Å². The number of nitrogens with zero attached hydrogens (tertiary/aromatic N) is 5. The Morgan fingerprint density at radius 1 is 1.23 bits per heavy atom. The molecule has 2 aliphatic heterocycles. The molecule has 0 aromatic carbocycles. The van der Waals surface area contributed by atoms with Gasteiger partial charge in [0.15, 0.2) is 11.5 Å². The number of nitrogens with one attached hydrogen (secondary N) is 3. The van der Waals surface area contributed by atoms with Gasteiger partial charge in [-0.1, -0.05) is 0 Å². The van der Waals surface area contributed by atoms with Crippen molar-refractivity contribution in [2.75, 3.05) is 5.53 Å². The number of aromatic nitrogens is 6. The molecule has 0 aliphatic carbocycles. The summed E-state index contributed by atoms with van der Waals surface area (Å²) in [4.78, 5) is 48.5. The summed E-state index contributed by atoms with van der Waals surface area (Å²) in [5.74, 6) is -0.522. The molecule has 1 aromatic heterocycles. The van der Waals surface area contributed by atoms with Crippen molar-refractivity contribution >= 4 is 5.91 Å². The molecule has 110 valence electrons. The first-order chi connectivity index (χ1) is 10.6. The lowest BCUT2D eigenvalue weighted by molar-refractivity contribution is 0.0955. The molecule has 1 aromatic rings. The van der Waals surface area contributed by atoms with E-state index in [-0.39, 0.29) is 11.5 Å². The van der Waals surface area contributed by atoms with E-state index < -0.39 is 17.2 Å². The molecular formula is C11H8N8O3. The lowest BCUT2D eigenvalue weighted by atomic mass is 10.3. The molecule has 22 heavy (non-hydrogen) atoms. The van der Waals surface area contributed by atoms with Gasteiger partial charge >= 0.3 is 5.69 Å². The van der Waals surface area contributed by atoms with E-state index in [9.17, 15) is 14.4 Å². The highest BCUT2D eigenvalue weighted by atomic mass is 16.2. The van der Waals surface area contributed by atoms with Gasteiger partial charge in [0.2, 0.25) is 0 Å². The van der Waals surface area contributed by atoms with Crippen molar-refractivity contribution in [3.8, 4) is 11.5 Å². The molecule has 3 rings (SSSR count). The van der Waals surface area contributed by atoms with Crippen LogP contribution >= 0.6 is 0 Å². The quantitative estimate of drug-likeness (QED) is 0.475. The highest BCUT2D eigenvalue weighted by molar-refractivity contribution is 5.94. The molecule has 2 aliphatic rings. The SMILES string of the molecule is O=C(NNn1cnc2nc(=O)[nH]c(=O)c-2n1)c1ccncc1. The van der Waals surface area contributed by atoms with Crippen molar-refractivity contribution in [3.05, 3.63) is 57.3 Å². The van der Waals surface area contributed by atoms with Gasteiger partial charge in [0.1, 0.15) is 6.33 Å². The predicted molar refractivity (Wildman–Crippen MR) is 72.4 cm³/mol. The molecule has 0 radical (unpaired) electrons. The number of hydrogen-bond acceptors (Lipinski definition) is 8. The van der Waals surface area contributed by atoms with Crippen molar-refractivity contribution in [3.63, 3.8) is 0 Å². The van der Waals surface area contributed by atoms with E-state index in [1.165, 1.54) is 24.5 Å². The maximum absolute atomic E-state index is 11.8. The zero-order chi connectivity index (χ0) is 15.5. The van der Waals surface area contributed by atoms with Crippen molar-refractivity contribution < 1.29 is 4.79 Å². The minimum Gasteiger partial charge on any atom is -0.270 e. The third-order valence-electron chi connectivity index (χ3n) is 2.58. The van der Waals surface area contributed by atoms with Crippen LogP contribution in [0.2, 0.25) is 0 Å². The van der Waals surface area contributed by atoms with Gasteiger partial charge in [0.05, 0.1) is 0 Å². The van der Waals surface area contributed by atoms with Gasteiger partial charge < -0.3 is 0 Å². The molecule has 0 bridgehead atoms. The molecular weight excluding hydrogens is 292 g/mol. The first-order valence-electron chi connectivity index (χ1n) is 5.96. The van der Waals surface area contributed by atoms with Crippen LogP contribution in [0, 0.1) is 0 Å². The molecule has 3 N–H and O–H groups in total. The second-order valence-corrected chi connectivity index (χ2v) is 4.03. The summed E-state index contributed by atoms with van der Waals surface area (Å²) >= 11 is 0. The van der Waals surface area contributed by atoms with Crippen LogP contribution in [0.4, 0.5) is 0 Å². The van der Waals surface area contributed by atoms with Crippen LogP contribution in [0.1, 0.15) is 10.4 Å². The van der Waals surface area contributed by atoms with Crippen LogP contribution in [0.5, 0.6) is 0 Å². The summed E-state index contributed by atoms with van der Waals surface area (Å²) in [6, 6.07) is 3.05. The highest BCUT2D eigenvalue weighted by Crippen LogP contribution is 2.01. The zero-order valence-corrected chi connectivity index (χ0v) is 10.8. The Balaban J connectivity index is 1.81. The van der Waals surface area contributed by atoms with E-state index in [1.807, 2.05) is 4.98 Å². The lowest BCUT2D eigenvalue weighted by Crippen LogP contribution is -2.38. The Labute approximate surface area is 121 Å². The first-order valence-corrected chi connectivity index (χ1v) is 5.96. The first kappa shape index (κ1) is 13.4. The maximum Gasteiger partial charge on any atom is 0.350 e. The number of hydrogen-bond donors (Lipinski definition) is 3. The van der Waals surface area contributed by atoms with E-state index in [0.717, 1.165) is 11.1 Å². The second kappa shape index (κ2) is 5.40. The molecule has 3 heterocycles. The van der Waals surface area contributed by atoms with Crippen LogP contribution in [-0.4, -0.2) is 35.7 Å². The molecule has 0 unspecified atom stereocenters. The number of H-pyrrole nitrogens is 1. The largest absolute Gasteiger partial charge is 0.350 e. The van der Waals surface area contributed by atoms with Crippen molar-refractivity contribution in [2.24, 2.45) is 0 Å². The van der Waals surface area contributed by atoms with Crippen LogP contribution in [0.3, 0.4) is 0 Å². The fourth-order valence-corrected chi connectivity index (χ4v) is 1.60. The molecule has 11 heteroatoms. The molecule has 0 saturated carbocycles. The topological polar surface area (TPSA) is 148 Å². The Hall–Kier alpha value is -3.63. The number of pyridine rings is 1. The number of rotatable bonds is 3. The Morgan fingerprint density at radius 2 is 2.00 bits per heavy atom. The van der Waals surface area contributed by atoms with E-state index in [2.05, 4.69) is 31.0 Å².